The van der Waals surface area contributed by atoms with Gasteiger partial charge in [-0.15, -0.1) is 0 Å². The van der Waals surface area contributed by atoms with E-state index in [0.717, 1.165) is 6.07 Å². The van der Waals surface area contributed by atoms with E-state index < -0.39 is 23.5 Å². The number of likely N-dealkylation sites (tertiary alicyclic amines) is 1. The molecule has 1 aliphatic heterocycles. The normalized spacial score (nSPS) is 19.9. The fourth-order valence-corrected chi connectivity index (χ4v) is 4.09. The summed E-state index contributed by atoms with van der Waals surface area (Å²) in [5, 5.41) is 7.20. The molecule has 2 heterocycles. The third-order valence-electron chi connectivity index (χ3n) is 4.31. The van der Waals surface area contributed by atoms with Gasteiger partial charge in [0.2, 0.25) is 5.91 Å². The number of halogens is 4. The molecule has 0 bridgehead atoms. The summed E-state index contributed by atoms with van der Waals surface area (Å²) >= 11 is 14.9. The number of aryl methyl sites for hydroxylation is 1. The van der Waals surface area contributed by atoms with Crippen molar-refractivity contribution in [3.05, 3.63) is 45.2 Å². The summed E-state index contributed by atoms with van der Waals surface area (Å²) in [6, 6.07) is 3.59. The van der Waals surface area contributed by atoms with Gasteiger partial charge in [0.15, 0.2) is 11.6 Å². The molecule has 1 saturated heterocycles. The first-order valence-corrected chi connectivity index (χ1v) is 9.18. The van der Waals surface area contributed by atoms with Crippen LogP contribution >= 0.6 is 39.7 Å². The number of nitrogens with one attached hydrogen (secondary N) is 1. The van der Waals surface area contributed by atoms with Crippen molar-refractivity contribution in [3.63, 3.8) is 0 Å². The minimum absolute atomic E-state index is 0.232. The lowest BCUT2D eigenvalue weighted by Gasteiger charge is -2.17. The van der Waals surface area contributed by atoms with Crippen molar-refractivity contribution in [2.24, 2.45) is 13.0 Å². The van der Waals surface area contributed by atoms with Gasteiger partial charge in [-0.1, -0.05) is 29.9 Å². The summed E-state index contributed by atoms with van der Waals surface area (Å²) < 4.78 is 29.4. The highest BCUT2D eigenvalue weighted by Crippen LogP contribution is 2.39. The minimum atomic E-state index is -1.11. The lowest BCUT2D eigenvalue weighted by atomic mass is 9.92. The molecule has 1 aromatic heterocycles. The molecule has 1 aliphatic rings. The number of aromatic nitrogens is 2. The maximum Gasteiger partial charge on any atom is 0.235 e. The first-order valence-electron chi connectivity index (χ1n) is 7.60. The first-order chi connectivity index (χ1) is 12.2. The summed E-state index contributed by atoms with van der Waals surface area (Å²) in [5.41, 5.74) is 0.355. The summed E-state index contributed by atoms with van der Waals surface area (Å²) in [4.78, 5) is 15.0. The fourth-order valence-electron chi connectivity index (χ4n) is 2.98. The van der Waals surface area contributed by atoms with Gasteiger partial charge in [0, 0.05) is 26.6 Å². The number of hydrogen-bond acceptors (Lipinski definition) is 3. The number of carbonyl (C=O) groups is 1. The van der Waals surface area contributed by atoms with Gasteiger partial charge in [-0.3, -0.25) is 9.48 Å². The second-order valence-electron chi connectivity index (χ2n) is 6.01. The molecule has 1 N–H and O–H groups in total. The zero-order valence-corrected chi connectivity index (χ0v) is 16.9. The molecule has 2 aromatic rings. The molecule has 138 valence electrons. The molecule has 2 atom stereocenters. The predicted molar refractivity (Wildman–Crippen MR) is 102 cm³/mol. The Balaban J connectivity index is 1.94. The van der Waals surface area contributed by atoms with E-state index in [-0.39, 0.29) is 11.6 Å². The molecule has 1 aromatic carbocycles. The topological polar surface area (TPSA) is 50.2 Å². The van der Waals surface area contributed by atoms with Crippen molar-refractivity contribution >= 4 is 56.3 Å². The van der Waals surface area contributed by atoms with Gasteiger partial charge in [0.1, 0.15) is 5.15 Å². The van der Waals surface area contributed by atoms with E-state index in [2.05, 4.69) is 26.3 Å². The molecule has 3 rings (SSSR count). The predicted octanol–water partition coefficient (Wildman–Crippen LogP) is 3.73. The van der Waals surface area contributed by atoms with Crippen molar-refractivity contribution in [2.45, 2.75) is 5.92 Å². The third-order valence-corrected chi connectivity index (χ3v) is 6.32. The van der Waals surface area contributed by atoms with E-state index in [1.54, 1.807) is 19.0 Å². The number of hydrogen-bond donors (Lipinski definition) is 1. The Morgan fingerprint density at radius 2 is 2.12 bits per heavy atom. The maximum absolute atomic E-state index is 13.9. The SMILES string of the molecule is CN1C[C@H](c2nn(C)c(Cl)c2Br)[C@@H](C(=O)Nc2cccc(F)c2F)C1=S. The molecule has 0 radical (unpaired) electrons. The minimum Gasteiger partial charge on any atom is -0.368 e. The highest BCUT2D eigenvalue weighted by atomic mass is 79.9. The summed E-state index contributed by atoms with van der Waals surface area (Å²) in [6.45, 7) is 0.453. The largest absolute Gasteiger partial charge is 0.368 e. The Labute approximate surface area is 167 Å². The standard InChI is InChI=1S/C16H14BrClF2N4OS/c1-23-6-7(13-11(17)14(18)24(2)22-13)10(16(23)26)15(25)21-9-5-3-4-8(19)12(9)20/h3-5,7,10H,6H2,1-2H3,(H,21,25)/t7-,10-/m0/s1. The van der Waals surface area contributed by atoms with E-state index in [9.17, 15) is 13.6 Å². The summed E-state index contributed by atoms with van der Waals surface area (Å²) in [7, 11) is 3.45. The van der Waals surface area contributed by atoms with E-state index in [4.69, 9.17) is 23.8 Å². The van der Waals surface area contributed by atoms with Crippen LogP contribution in [0.4, 0.5) is 14.5 Å². The van der Waals surface area contributed by atoms with Crippen LogP contribution in [0.2, 0.25) is 5.15 Å². The summed E-state index contributed by atoms with van der Waals surface area (Å²) in [6.07, 6.45) is 0. The molecule has 1 amide bonds. The second kappa shape index (κ2) is 7.21. The Morgan fingerprint density at radius 1 is 1.42 bits per heavy atom. The van der Waals surface area contributed by atoms with Crippen molar-refractivity contribution in [1.29, 1.82) is 0 Å². The van der Waals surface area contributed by atoms with Crippen LogP contribution in [-0.4, -0.2) is 39.2 Å². The highest BCUT2D eigenvalue weighted by molar-refractivity contribution is 9.10. The number of anilines is 1. The monoisotopic (exact) mass is 462 g/mol. The molecule has 26 heavy (non-hydrogen) atoms. The van der Waals surface area contributed by atoms with Crippen molar-refractivity contribution in [3.8, 4) is 0 Å². The van der Waals surface area contributed by atoms with E-state index in [1.165, 1.54) is 16.8 Å². The van der Waals surface area contributed by atoms with Gasteiger partial charge >= 0.3 is 0 Å². The van der Waals surface area contributed by atoms with Crippen LogP contribution in [0.25, 0.3) is 0 Å². The van der Waals surface area contributed by atoms with Crippen LogP contribution in [0.5, 0.6) is 0 Å². The molecule has 0 saturated carbocycles. The number of rotatable bonds is 3. The van der Waals surface area contributed by atoms with Crippen molar-refractivity contribution in [1.82, 2.24) is 14.7 Å². The summed E-state index contributed by atoms with van der Waals surface area (Å²) in [5.74, 6) is -3.82. The lowest BCUT2D eigenvalue weighted by molar-refractivity contribution is -0.118. The number of benzene rings is 1. The smallest absolute Gasteiger partial charge is 0.235 e. The van der Waals surface area contributed by atoms with Crippen LogP contribution < -0.4 is 5.32 Å². The van der Waals surface area contributed by atoms with E-state index >= 15 is 0 Å². The average molecular weight is 464 g/mol. The first kappa shape index (κ1) is 19.2. The van der Waals surface area contributed by atoms with Crippen molar-refractivity contribution in [2.75, 3.05) is 18.9 Å². The maximum atomic E-state index is 13.9. The molecule has 0 unspecified atom stereocenters. The third kappa shape index (κ3) is 3.23. The molecule has 1 fully saturated rings. The zero-order valence-electron chi connectivity index (χ0n) is 13.8. The Morgan fingerprint density at radius 3 is 2.73 bits per heavy atom. The lowest BCUT2D eigenvalue weighted by Crippen LogP contribution is -2.32. The van der Waals surface area contributed by atoms with Crippen LogP contribution in [-0.2, 0) is 11.8 Å². The molecular weight excluding hydrogens is 450 g/mol. The number of carbonyl (C=O) groups excluding carboxylic acids is 1. The van der Waals surface area contributed by atoms with E-state index in [1.807, 2.05) is 0 Å². The van der Waals surface area contributed by atoms with Gasteiger partial charge in [-0.2, -0.15) is 5.10 Å². The molecule has 10 heteroatoms. The Bertz CT molecular complexity index is 907. The highest BCUT2D eigenvalue weighted by Gasteiger charge is 2.44. The molecule has 0 spiro atoms. The van der Waals surface area contributed by atoms with Gasteiger partial charge in [0.05, 0.1) is 26.8 Å². The number of likely N-dealkylation sites (N-methyl/N-ethyl adjacent to an activating group) is 1. The quantitative estimate of drug-likeness (QED) is 0.705. The fraction of sp³-hybridized carbons (Fsp3) is 0.312. The van der Waals surface area contributed by atoms with Crippen LogP contribution in [0.3, 0.4) is 0 Å². The van der Waals surface area contributed by atoms with Gasteiger partial charge < -0.3 is 10.2 Å². The van der Waals surface area contributed by atoms with Gasteiger partial charge in [-0.05, 0) is 28.1 Å². The van der Waals surface area contributed by atoms with Crippen molar-refractivity contribution < 1.29 is 13.6 Å². The average Bonchev–Trinajstić information content (AvgIpc) is 3.03. The molecule has 0 aliphatic carbocycles. The van der Waals surface area contributed by atoms with Crippen LogP contribution in [0.1, 0.15) is 11.6 Å². The molecule has 5 nitrogen and oxygen atoms in total. The zero-order chi connectivity index (χ0) is 19.2. The Hall–Kier alpha value is -1.58. The number of nitrogens with zero attached hydrogens (tertiary/aromatic N) is 3. The Kier molecular flexibility index (Phi) is 5.32. The van der Waals surface area contributed by atoms with Gasteiger partial charge in [-0.25, -0.2) is 8.78 Å². The van der Waals surface area contributed by atoms with Crippen LogP contribution in [0.15, 0.2) is 22.7 Å². The van der Waals surface area contributed by atoms with Crippen LogP contribution in [0, 0.1) is 17.6 Å². The number of thiocarbonyl (C=S) groups is 1. The molecular formula is C16H14BrClF2N4OS. The van der Waals surface area contributed by atoms with E-state index in [0.29, 0.717) is 26.9 Å². The second-order valence-corrected chi connectivity index (χ2v) is 7.58. The number of amides is 1. The van der Waals surface area contributed by atoms with Gasteiger partial charge in [0.25, 0.3) is 0 Å².